The molecule has 0 aromatic heterocycles. The highest BCUT2D eigenvalue weighted by Crippen LogP contribution is 2.07. The van der Waals surface area contributed by atoms with Crippen molar-refractivity contribution in [1.29, 1.82) is 0 Å². The van der Waals surface area contributed by atoms with Gasteiger partial charge in [0.25, 0.3) is 0 Å². The molecule has 0 saturated carbocycles. The molecule has 1 atom stereocenters. The first-order valence-electron chi connectivity index (χ1n) is 6.74. The normalized spacial score (nSPS) is 12.6. The molecule has 0 radical (unpaired) electrons. The van der Waals surface area contributed by atoms with E-state index >= 15 is 0 Å². The highest BCUT2D eigenvalue weighted by atomic mass is 16.5. The van der Waals surface area contributed by atoms with Crippen LogP contribution in [0.1, 0.15) is 31.9 Å². The van der Waals surface area contributed by atoms with Crippen LogP contribution in [0.25, 0.3) is 0 Å². The van der Waals surface area contributed by atoms with E-state index in [2.05, 4.69) is 36.5 Å². The lowest BCUT2D eigenvalue weighted by Gasteiger charge is -2.13. The van der Waals surface area contributed by atoms with E-state index in [-0.39, 0.29) is 6.10 Å². The number of hydrogen-bond donors (Lipinski definition) is 1. The van der Waals surface area contributed by atoms with Gasteiger partial charge in [0.1, 0.15) is 0 Å². The second-order valence-electron chi connectivity index (χ2n) is 4.38. The van der Waals surface area contributed by atoms with Crippen molar-refractivity contribution in [2.75, 3.05) is 19.8 Å². The summed E-state index contributed by atoms with van der Waals surface area (Å²) in [6, 6.07) is 8.54. The van der Waals surface area contributed by atoms with Crippen LogP contribution in [0.3, 0.4) is 0 Å². The molecule has 0 aliphatic rings. The smallest absolute Gasteiger partial charge is 0.0785 e. The molecule has 0 fully saturated rings. The summed E-state index contributed by atoms with van der Waals surface area (Å²) in [5.41, 5.74) is 2.52. The van der Waals surface area contributed by atoms with Crippen molar-refractivity contribution in [2.24, 2.45) is 0 Å². The van der Waals surface area contributed by atoms with Gasteiger partial charge in [-0.1, -0.05) is 31.2 Å². The Labute approximate surface area is 110 Å². The molecule has 102 valence electrons. The predicted octanol–water partition coefficient (Wildman–Crippen LogP) is 2.74. The van der Waals surface area contributed by atoms with Crippen LogP contribution in [0, 0.1) is 0 Å². The molecule has 1 unspecified atom stereocenters. The second kappa shape index (κ2) is 9.09. The zero-order chi connectivity index (χ0) is 13.2. The minimum atomic E-state index is 0.145. The van der Waals surface area contributed by atoms with Gasteiger partial charge in [0.15, 0.2) is 0 Å². The number of benzene rings is 1. The molecule has 1 aromatic rings. The largest absolute Gasteiger partial charge is 0.379 e. The summed E-state index contributed by atoms with van der Waals surface area (Å²) in [4.78, 5) is 0. The van der Waals surface area contributed by atoms with Crippen LogP contribution in [0.2, 0.25) is 0 Å². The highest BCUT2D eigenvalue weighted by Gasteiger charge is 2.02. The van der Waals surface area contributed by atoms with Gasteiger partial charge in [-0.05, 0) is 31.5 Å². The zero-order valence-corrected chi connectivity index (χ0v) is 11.7. The first kappa shape index (κ1) is 15.2. The van der Waals surface area contributed by atoms with E-state index in [4.69, 9.17) is 9.47 Å². The lowest BCUT2D eigenvalue weighted by molar-refractivity contribution is -0.0116. The van der Waals surface area contributed by atoms with Gasteiger partial charge >= 0.3 is 0 Å². The van der Waals surface area contributed by atoms with Gasteiger partial charge in [0.05, 0.1) is 19.3 Å². The Hall–Kier alpha value is -0.900. The number of hydrogen-bond acceptors (Lipinski definition) is 3. The third-order valence-electron chi connectivity index (χ3n) is 2.69. The van der Waals surface area contributed by atoms with E-state index in [9.17, 15) is 0 Å². The van der Waals surface area contributed by atoms with Gasteiger partial charge in [-0.15, -0.1) is 0 Å². The predicted molar refractivity (Wildman–Crippen MR) is 74.6 cm³/mol. The third-order valence-corrected chi connectivity index (χ3v) is 2.69. The van der Waals surface area contributed by atoms with E-state index in [1.807, 2.05) is 13.8 Å². The lowest BCUT2D eigenvalue weighted by atomic mass is 10.1. The van der Waals surface area contributed by atoms with Crippen LogP contribution in [-0.4, -0.2) is 25.9 Å². The molecular weight excluding hydrogens is 226 g/mol. The van der Waals surface area contributed by atoms with E-state index in [1.165, 1.54) is 11.1 Å². The number of nitrogens with one attached hydrogen (secondary N) is 1. The van der Waals surface area contributed by atoms with E-state index < -0.39 is 0 Å². The summed E-state index contributed by atoms with van der Waals surface area (Å²) in [6.45, 7) is 10.1. The maximum absolute atomic E-state index is 5.71. The molecule has 0 spiro atoms. The molecule has 0 heterocycles. The molecule has 18 heavy (non-hydrogen) atoms. The van der Waals surface area contributed by atoms with E-state index in [0.717, 1.165) is 19.7 Å². The van der Waals surface area contributed by atoms with Crippen LogP contribution in [0.4, 0.5) is 0 Å². The summed E-state index contributed by atoms with van der Waals surface area (Å²) >= 11 is 0. The fourth-order valence-electron chi connectivity index (χ4n) is 1.59. The average molecular weight is 251 g/mol. The summed E-state index contributed by atoms with van der Waals surface area (Å²) in [5.74, 6) is 0. The molecule has 1 rings (SSSR count). The standard InChI is InChI=1S/C15H25NO2/c1-4-16-10-14-6-8-15(9-7-14)12-18-13(3)11-17-5-2/h6-9,13,16H,4-5,10-12H2,1-3H3. The molecule has 0 amide bonds. The van der Waals surface area contributed by atoms with Crippen LogP contribution in [-0.2, 0) is 22.6 Å². The van der Waals surface area contributed by atoms with Crippen molar-refractivity contribution < 1.29 is 9.47 Å². The van der Waals surface area contributed by atoms with E-state index in [0.29, 0.717) is 13.2 Å². The number of rotatable bonds is 9. The maximum Gasteiger partial charge on any atom is 0.0785 e. The Morgan fingerprint density at radius 3 is 2.39 bits per heavy atom. The minimum Gasteiger partial charge on any atom is -0.379 e. The van der Waals surface area contributed by atoms with Crippen molar-refractivity contribution >= 4 is 0 Å². The Bertz CT molecular complexity index is 311. The summed E-state index contributed by atoms with van der Waals surface area (Å²) < 4.78 is 11.0. The first-order valence-corrected chi connectivity index (χ1v) is 6.74. The van der Waals surface area contributed by atoms with Gasteiger partial charge in [0, 0.05) is 13.2 Å². The summed E-state index contributed by atoms with van der Waals surface area (Å²) in [7, 11) is 0. The van der Waals surface area contributed by atoms with Crippen LogP contribution >= 0.6 is 0 Å². The molecule has 3 nitrogen and oxygen atoms in total. The van der Waals surface area contributed by atoms with E-state index in [1.54, 1.807) is 0 Å². The SMILES string of the molecule is CCNCc1ccc(COC(C)COCC)cc1. The molecular formula is C15H25NO2. The molecule has 0 aliphatic heterocycles. The first-order chi connectivity index (χ1) is 8.76. The second-order valence-corrected chi connectivity index (χ2v) is 4.38. The van der Waals surface area contributed by atoms with Gasteiger partial charge in [0.2, 0.25) is 0 Å². The Balaban J connectivity index is 2.30. The Morgan fingerprint density at radius 1 is 1.11 bits per heavy atom. The van der Waals surface area contributed by atoms with Crippen molar-refractivity contribution in [1.82, 2.24) is 5.32 Å². The Kier molecular flexibility index (Phi) is 7.65. The molecule has 3 heteroatoms. The van der Waals surface area contributed by atoms with Crippen LogP contribution in [0.5, 0.6) is 0 Å². The topological polar surface area (TPSA) is 30.5 Å². The molecule has 0 aliphatic carbocycles. The van der Waals surface area contributed by atoms with Crippen LogP contribution in [0.15, 0.2) is 24.3 Å². The monoisotopic (exact) mass is 251 g/mol. The van der Waals surface area contributed by atoms with Gasteiger partial charge in [-0.2, -0.15) is 0 Å². The fraction of sp³-hybridized carbons (Fsp3) is 0.600. The maximum atomic E-state index is 5.71. The molecule has 0 saturated heterocycles. The Morgan fingerprint density at radius 2 is 1.78 bits per heavy atom. The molecule has 1 N–H and O–H groups in total. The fourth-order valence-corrected chi connectivity index (χ4v) is 1.59. The highest BCUT2D eigenvalue weighted by molar-refractivity contribution is 5.21. The van der Waals surface area contributed by atoms with Crippen molar-refractivity contribution in [2.45, 2.75) is 40.0 Å². The summed E-state index contributed by atoms with van der Waals surface area (Å²) in [5, 5.41) is 3.31. The van der Waals surface area contributed by atoms with Crippen molar-refractivity contribution in [3.05, 3.63) is 35.4 Å². The molecule has 1 aromatic carbocycles. The van der Waals surface area contributed by atoms with Gasteiger partial charge < -0.3 is 14.8 Å². The lowest BCUT2D eigenvalue weighted by Crippen LogP contribution is -2.15. The quantitative estimate of drug-likeness (QED) is 0.732. The van der Waals surface area contributed by atoms with Crippen molar-refractivity contribution in [3.8, 4) is 0 Å². The average Bonchev–Trinajstić information content (AvgIpc) is 2.41. The third kappa shape index (κ3) is 6.15. The van der Waals surface area contributed by atoms with Gasteiger partial charge in [-0.3, -0.25) is 0 Å². The number of ether oxygens (including phenoxy) is 2. The zero-order valence-electron chi connectivity index (χ0n) is 11.7. The minimum absolute atomic E-state index is 0.145. The van der Waals surface area contributed by atoms with Crippen LogP contribution < -0.4 is 5.32 Å². The van der Waals surface area contributed by atoms with Crippen molar-refractivity contribution in [3.63, 3.8) is 0 Å². The molecule has 0 bridgehead atoms. The van der Waals surface area contributed by atoms with Gasteiger partial charge in [-0.25, -0.2) is 0 Å². The summed E-state index contributed by atoms with van der Waals surface area (Å²) in [6.07, 6.45) is 0.145.